The number of fused-ring (bicyclic) bond motifs is 1. The van der Waals surface area contributed by atoms with E-state index in [-0.39, 0.29) is 12.6 Å². The summed E-state index contributed by atoms with van der Waals surface area (Å²) in [4.78, 5) is 6.83. The number of nitrogens with zero attached hydrogens (tertiary/aromatic N) is 2. The number of benzene rings is 1. The highest BCUT2D eigenvalue weighted by Gasteiger charge is 2.17. The minimum absolute atomic E-state index is 0.0476. The average molecular weight is 274 g/mol. The molecule has 0 fully saturated rings. The zero-order chi connectivity index (χ0) is 14.5. The predicted molar refractivity (Wildman–Crippen MR) is 82.0 cm³/mol. The molecule has 0 aliphatic carbocycles. The van der Waals surface area contributed by atoms with E-state index in [0.29, 0.717) is 12.3 Å². The largest absolute Gasteiger partial charge is 0.390 e. The predicted octanol–water partition coefficient (Wildman–Crippen LogP) is 2.59. The number of pyridine rings is 1. The Morgan fingerprint density at radius 1 is 1.35 bits per heavy atom. The quantitative estimate of drug-likeness (QED) is 0.879. The number of aliphatic hydroxyl groups excluding tert-OH is 1. The third-order valence-electron chi connectivity index (χ3n) is 3.49. The summed E-state index contributed by atoms with van der Waals surface area (Å²) in [5.41, 5.74) is 0.696. The SMILES string of the molecule is CCN(c1nc(CO)cc2ccccc12)C(C)COC. The number of rotatable bonds is 6. The number of aliphatic hydroxyl groups is 1. The minimum atomic E-state index is -0.0476. The maximum Gasteiger partial charge on any atom is 0.137 e. The van der Waals surface area contributed by atoms with E-state index in [2.05, 4.69) is 35.9 Å². The van der Waals surface area contributed by atoms with Gasteiger partial charge in [-0.2, -0.15) is 0 Å². The topological polar surface area (TPSA) is 45.6 Å². The third-order valence-corrected chi connectivity index (χ3v) is 3.49. The number of anilines is 1. The Balaban J connectivity index is 2.55. The fraction of sp³-hybridized carbons (Fsp3) is 0.438. The van der Waals surface area contributed by atoms with Gasteiger partial charge in [-0.15, -0.1) is 0 Å². The van der Waals surface area contributed by atoms with Crippen molar-refractivity contribution in [2.75, 3.05) is 25.2 Å². The van der Waals surface area contributed by atoms with Gasteiger partial charge in [0.1, 0.15) is 5.82 Å². The molecule has 4 nitrogen and oxygen atoms in total. The van der Waals surface area contributed by atoms with Gasteiger partial charge in [0.25, 0.3) is 0 Å². The Morgan fingerprint density at radius 2 is 2.10 bits per heavy atom. The molecular weight excluding hydrogens is 252 g/mol. The van der Waals surface area contributed by atoms with Gasteiger partial charge in [0, 0.05) is 19.0 Å². The van der Waals surface area contributed by atoms with E-state index in [1.807, 2.05) is 18.2 Å². The van der Waals surface area contributed by atoms with E-state index in [0.717, 1.165) is 23.1 Å². The van der Waals surface area contributed by atoms with Crippen LogP contribution in [0.2, 0.25) is 0 Å². The molecule has 1 atom stereocenters. The molecule has 0 aliphatic rings. The maximum atomic E-state index is 9.41. The molecule has 0 radical (unpaired) electrons. The highest BCUT2D eigenvalue weighted by atomic mass is 16.5. The molecule has 0 saturated carbocycles. The first-order chi connectivity index (χ1) is 9.71. The number of methoxy groups -OCH3 is 1. The summed E-state index contributed by atoms with van der Waals surface area (Å²) in [5, 5.41) is 11.6. The van der Waals surface area contributed by atoms with Gasteiger partial charge < -0.3 is 14.7 Å². The van der Waals surface area contributed by atoms with Crippen molar-refractivity contribution in [1.82, 2.24) is 4.98 Å². The van der Waals surface area contributed by atoms with Crippen LogP contribution >= 0.6 is 0 Å². The van der Waals surface area contributed by atoms with Crippen molar-refractivity contribution in [2.24, 2.45) is 0 Å². The summed E-state index contributed by atoms with van der Waals surface area (Å²) >= 11 is 0. The van der Waals surface area contributed by atoms with E-state index >= 15 is 0 Å². The zero-order valence-corrected chi connectivity index (χ0v) is 12.3. The smallest absolute Gasteiger partial charge is 0.137 e. The monoisotopic (exact) mass is 274 g/mol. The summed E-state index contributed by atoms with van der Waals surface area (Å²) in [5.74, 6) is 0.916. The molecule has 4 heteroatoms. The molecule has 1 heterocycles. The van der Waals surface area contributed by atoms with Crippen LogP contribution in [0.1, 0.15) is 19.5 Å². The molecule has 2 rings (SSSR count). The Morgan fingerprint density at radius 3 is 2.75 bits per heavy atom. The summed E-state index contributed by atoms with van der Waals surface area (Å²) in [6, 6.07) is 10.3. The van der Waals surface area contributed by atoms with E-state index < -0.39 is 0 Å². The van der Waals surface area contributed by atoms with Crippen LogP contribution in [0.5, 0.6) is 0 Å². The van der Waals surface area contributed by atoms with Crippen molar-refractivity contribution < 1.29 is 9.84 Å². The second kappa shape index (κ2) is 6.68. The second-order valence-electron chi connectivity index (χ2n) is 4.91. The van der Waals surface area contributed by atoms with Crippen LogP contribution < -0.4 is 4.90 Å². The van der Waals surface area contributed by atoms with Crippen molar-refractivity contribution in [1.29, 1.82) is 0 Å². The van der Waals surface area contributed by atoms with Gasteiger partial charge in [0.2, 0.25) is 0 Å². The van der Waals surface area contributed by atoms with Gasteiger partial charge in [-0.1, -0.05) is 24.3 Å². The molecular formula is C16H22N2O2. The Bertz CT molecular complexity index is 571. The summed E-state index contributed by atoms with van der Waals surface area (Å²) < 4.78 is 5.26. The number of likely N-dealkylation sites (N-methyl/N-ethyl adjacent to an activating group) is 1. The summed E-state index contributed by atoms with van der Waals surface area (Å²) in [7, 11) is 1.71. The molecule has 0 amide bonds. The molecule has 0 spiro atoms. The molecule has 1 unspecified atom stereocenters. The van der Waals surface area contributed by atoms with Crippen molar-refractivity contribution >= 4 is 16.6 Å². The molecule has 108 valence electrons. The lowest BCUT2D eigenvalue weighted by Gasteiger charge is -2.30. The molecule has 20 heavy (non-hydrogen) atoms. The first-order valence-corrected chi connectivity index (χ1v) is 6.96. The Labute approximate surface area is 120 Å². The van der Waals surface area contributed by atoms with Crippen molar-refractivity contribution in [3.8, 4) is 0 Å². The van der Waals surface area contributed by atoms with Crippen molar-refractivity contribution in [3.05, 3.63) is 36.0 Å². The fourth-order valence-corrected chi connectivity index (χ4v) is 2.54. The molecule has 2 aromatic rings. The lowest BCUT2D eigenvalue weighted by molar-refractivity contribution is 0.181. The van der Waals surface area contributed by atoms with Gasteiger partial charge >= 0.3 is 0 Å². The molecule has 1 aromatic carbocycles. The van der Waals surface area contributed by atoms with E-state index in [9.17, 15) is 5.11 Å². The first kappa shape index (κ1) is 14.8. The van der Waals surface area contributed by atoms with E-state index in [4.69, 9.17) is 4.74 Å². The fourth-order valence-electron chi connectivity index (χ4n) is 2.54. The zero-order valence-electron chi connectivity index (χ0n) is 12.3. The molecule has 0 aliphatic heterocycles. The molecule has 0 bridgehead atoms. The highest BCUT2D eigenvalue weighted by molar-refractivity contribution is 5.92. The van der Waals surface area contributed by atoms with Crippen LogP contribution in [-0.2, 0) is 11.3 Å². The van der Waals surface area contributed by atoms with Gasteiger partial charge in [0.15, 0.2) is 0 Å². The Kier molecular flexibility index (Phi) is 4.93. The maximum absolute atomic E-state index is 9.41. The van der Waals surface area contributed by atoms with Gasteiger partial charge in [-0.05, 0) is 25.3 Å². The summed E-state index contributed by atoms with van der Waals surface area (Å²) in [6.45, 7) is 5.67. The van der Waals surface area contributed by atoms with Gasteiger partial charge in [0.05, 0.1) is 24.9 Å². The van der Waals surface area contributed by atoms with Crippen LogP contribution in [0.3, 0.4) is 0 Å². The second-order valence-corrected chi connectivity index (χ2v) is 4.91. The van der Waals surface area contributed by atoms with Gasteiger partial charge in [-0.25, -0.2) is 4.98 Å². The van der Waals surface area contributed by atoms with Crippen molar-refractivity contribution in [3.63, 3.8) is 0 Å². The number of hydrogen-bond acceptors (Lipinski definition) is 4. The Hall–Kier alpha value is -1.65. The van der Waals surface area contributed by atoms with E-state index in [1.165, 1.54) is 0 Å². The number of aromatic nitrogens is 1. The lowest BCUT2D eigenvalue weighted by atomic mass is 10.1. The lowest BCUT2D eigenvalue weighted by Crippen LogP contribution is -2.37. The molecule has 1 aromatic heterocycles. The first-order valence-electron chi connectivity index (χ1n) is 6.96. The number of ether oxygens (including phenoxy) is 1. The highest BCUT2D eigenvalue weighted by Crippen LogP contribution is 2.27. The van der Waals surface area contributed by atoms with Crippen LogP contribution in [0, 0.1) is 0 Å². The van der Waals surface area contributed by atoms with Gasteiger partial charge in [-0.3, -0.25) is 0 Å². The normalized spacial score (nSPS) is 12.6. The van der Waals surface area contributed by atoms with Crippen LogP contribution in [-0.4, -0.2) is 36.4 Å². The number of hydrogen-bond donors (Lipinski definition) is 1. The van der Waals surface area contributed by atoms with Crippen LogP contribution in [0.25, 0.3) is 10.8 Å². The molecule has 0 saturated heterocycles. The summed E-state index contributed by atoms with van der Waals surface area (Å²) in [6.07, 6.45) is 0. The third kappa shape index (κ3) is 2.92. The average Bonchev–Trinajstić information content (AvgIpc) is 2.48. The molecule has 1 N–H and O–H groups in total. The van der Waals surface area contributed by atoms with E-state index in [1.54, 1.807) is 7.11 Å². The van der Waals surface area contributed by atoms with Crippen molar-refractivity contribution in [2.45, 2.75) is 26.5 Å². The van der Waals surface area contributed by atoms with Crippen LogP contribution in [0.4, 0.5) is 5.82 Å². The standard InChI is InChI=1S/C16H22N2O2/c1-4-18(12(2)11-20-3)16-15-8-6-5-7-13(15)9-14(10-19)17-16/h5-9,12,19H,4,10-11H2,1-3H3. The van der Waals surface area contributed by atoms with Crippen LogP contribution in [0.15, 0.2) is 30.3 Å². The minimum Gasteiger partial charge on any atom is -0.390 e.